The largest absolute Gasteiger partial charge is 0.378 e. The Morgan fingerprint density at radius 3 is 2.50 bits per heavy atom. The SMILES string of the molecule is CNc1nnc(CC(C)(C)OC)n1C. The Labute approximate surface area is 84.5 Å². The normalized spacial score (nSPS) is 11.8. The van der Waals surface area contributed by atoms with Crippen molar-refractivity contribution in [2.45, 2.75) is 25.9 Å². The molecule has 5 heteroatoms. The lowest BCUT2D eigenvalue weighted by Crippen LogP contribution is -2.27. The van der Waals surface area contributed by atoms with Gasteiger partial charge in [0.15, 0.2) is 0 Å². The van der Waals surface area contributed by atoms with Crippen molar-refractivity contribution in [1.29, 1.82) is 0 Å². The highest BCUT2D eigenvalue weighted by Crippen LogP contribution is 2.15. The number of nitrogens with zero attached hydrogens (tertiary/aromatic N) is 3. The van der Waals surface area contributed by atoms with Crippen molar-refractivity contribution in [3.63, 3.8) is 0 Å². The maximum absolute atomic E-state index is 5.34. The molecule has 0 spiro atoms. The van der Waals surface area contributed by atoms with Crippen molar-refractivity contribution in [3.8, 4) is 0 Å². The van der Waals surface area contributed by atoms with E-state index in [1.165, 1.54) is 0 Å². The van der Waals surface area contributed by atoms with Gasteiger partial charge in [-0.2, -0.15) is 0 Å². The van der Waals surface area contributed by atoms with Crippen LogP contribution in [0.1, 0.15) is 19.7 Å². The molecule has 0 fully saturated rings. The van der Waals surface area contributed by atoms with E-state index in [0.717, 1.165) is 18.2 Å². The summed E-state index contributed by atoms with van der Waals surface area (Å²) in [5, 5.41) is 11.1. The molecule has 14 heavy (non-hydrogen) atoms. The van der Waals surface area contributed by atoms with Crippen LogP contribution < -0.4 is 5.32 Å². The minimum Gasteiger partial charge on any atom is -0.378 e. The summed E-state index contributed by atoms with van der Waals surface area (Å²) < 4.78 is 7.27. The molecule has 5 nitrogen and oxygen atoms in total. The minimum atomic E-state index is -0.203. The lowest BCUT2D eigenvalue weighted by molar-refractivity contribution is 0.0210. The van der Waals surface area contributed by atoms with Crippen LogP contribution in [0.15, 0.2) is 0 Å². The molecule has 0 saturated heterocycles. The van der Waals surface area contributed by atoms with Gasteiger partial charge in [-0.25, -0.2) is 0 Å². The maximum Gasteiger partial charge on any atom is 0.224 e. The molecule has 0 aliphatic carbocycles. The van der Waals surface area contributed by atoms with Crippen molar-refractivity contribution < 1.29 is 4.74 Å². The molecule has 0 aliphatic heterocycles. The second kappa shape index (κ2) is 3.96. The van der Waals surface area contributed by atoms with Crippen LogP contribution in [0.3, 0.4) is 0 Å². The van der Waals surface area contributed by atoms with Gasteiger partial charge in [0.05, 0.1) is 5.60 Å². The van der Waals surface area contributed by atoms with Crippen LogP contribution >= 0.6 is 0 Å². The number of hydrogen-bond donors (Lipinski definition) is 1. The third-order valence-corrected chi connectivity index (χ3v) is 2.33. The van der Waals surface area contributed by atoms with E-state index >= 15 is 0 Å². The van der Waals surface area contributed by atoms with Gasteiger partial charge >= 0.3 is 0 Å². The van der Waals surface area contributed by atoms with Crippen molar-refractivity contribution in [3.05, 3.63) is 5.82 Å². The van der Waals surface area contributed by atoms with Crippen LogP contribution in [0.5, 0.6) is 0 Å². The van der Waals surface area contributed by atoms with Crippen LogP contribution in [0.4, 0.5) is 5.95 Å². The number of aromatic nitrogens is 3. The quantitative estimate of drug-likeness (QED) is 0.778. The Hall–Kier alpha value is -1.10. The molecule has 1 rings (SSSR count). The van der Waals surface area contributed by atoms with Crippen LogP contribution in [0.25, 0.3) is 0 Å². The predicted octanol–water partition coefficient (Wildman–Crippen LogP) is 0.824. The number of hydrogen-bond acceptors (Lipinski definition) is 4. The molecule has 0 bridgehead atoms. The molecule has 1 N–H and O–H groups in total. The monoisotopic (exact) mass is 198 g/mol. The summed E-state index contributed by atoms with van der Waals surface area (Å²) >= 11 is 0. The molecule has 0 atom stereocenters. The summed E-state index contributed by atoms with van der Waals surface area (Å²) in [7, 11) is 5.47. The summed E-state index contributed by atoms with van der Waals surface area (Å²) in [4.78, 5) is 0. The summed E-state index contributed by atoms with van der Waals surface area (Å²) in [6.45, 7) is 4.06. The summed E-state index contributed by atoms with van der Waals surface area (Å²) in [5.41, 5.74) is -0.203. The van der Waals surface area contributed by atoms with Gasteiger partial charge in [0.1, 0.15) is 5.82 Å². The van der Waals surface area contributed by atoms with E-state index in [4.69, 9.17) is 4.74 Å². The molecule has 0 aromatic carbocycles. The average molecular weight is 198 g/mol. The minimum absolute atomic E-state index is 0.203. The van der Waals surface area contributed by atoms with Crippen LogP contribution in [0, 0.1) is 0 Å². The van der Waals surface area contributed by atoms with Gasteiger partial charge in [-0.3, -0.25) is 0 Å². The molecule has 0 saturated carbocycles. The Morgan fingerprint density at radius 2 is 2.07 bits per heavy atom. The predicted molar refractivity (Wildman–Crippen MR) is 55.3 cm³/mol. The molecule has 1 aromatic rings. The fourth-order valence-electron chi connectivity index (χ4n) is 1.19. The maximum atomic E-state index is 5.34. The highest BCUT2D eigenvalue weighted by Gasteiger charge is 2.21. The Bertz CT molecular complexity index is 306. The van der Waals surface area contributed by atoms with E-state index in [9.17, 15) is 0 Å². The zero-order valence-corrected chi connectivity index (χ0v) is 9.46. The van der Waals surface area contributed by atoms with Crippen molar-refractivity contribution in [2.75, 3.05) is 19.5 Å². The second-order valence-electron chi connectivity index (χ2n) is 3.89. The highest BCUT2D eigenvalue weighted by molar-refractivity contribution is 5.24. The van der Waals surface area contributed by atoms with Crippen LogP contribution in [-0.4, -0.2) is 34.5 Å². The average Bonchev–Trinajstić information content (AvgIpc) is 2.47. The van der Waals surface area contributed by atoms with Crippen molar-refractivity contribution in [2.24, 2.45) is 7.05 Å². The Balaban J connectivity index is 2.82. The molecule has 1 aromatic heterocycles. The number of anilines is 1. The first kappa shape index (κ1) is 11.0. The van der Waals surface area contributed by atoms with Crippen molar-refractivity contribution >= 4 is 5.95 Å². The van der Waals surface area contributed by atoms with Crippen LogP contribution in [0.2, 0.25) is 0 Å². The Morgan fingerprint density at radius 1 is 1.43 bits per heavy atom. The molecule has 0 unspecified atom stereocenters. The number of nitrogens with one attached hydrogen (secondary N) is 1. The zero-order chi connectivity index (χ0) is 10.8. The number of methoxy groups -OCH3 is 1. The molecule has 0 radical (unpaired) electrons. The number of ether oxygens (including phenoxy) is 1. The van der Waals surface area contributed by atoms with Gasteiger partial charge in [0.2, 0.25) is 5.95 Å². The lowest BCUT2D eigenvalue weighted by atomic mass is 10.1. The van der Waals surface area contributed by atoms with Crippen LogP contribution in [-0.2, 0) is 18.2 Å². The number of rotatable bonds is 4. The second-order valence-corrected chi connectivity index (χ2v) is 3.89. The third kappa shape index (κ3) is 2.23. The van der Waals surface area contributed by atoms with Gasteiger partial charge < -0.3 is 14.6 Å². The summed E-state index contributed by atoms with van der Waals surface area (Å²) in [6.07, 6.45) is 0.745. The van der Waals surface area contributed by atoms with Gasteiger partial charge in [0.25, 0.3) is 0 Å². The standard InChI is InChI=1S/C9H18N4O/c1-9(2,14-5)6-7-11-12-8(10-3)13(7)4/h6H2,1-5H3,(H,10,12). The smallest absolute Gasteiger partial charge is 0.224 e. The van der Waals surface area contributed by atoms with E-state index in [2.05, 4.69) is 15.5 Å². The van der Waals surface area contributed by atoms with Gasteiger partial charge in [-0.1, -0.05) is 0 Å². The molecular formula is C9H18N4O. The highest BCUT2D eigenvalue weighted by atomic mass is 16.5. The van der Waals surface area contributed by atoms with E-state index in [1.54, 1.807) is 7.11 Å². The first-order valence-corrected chi connectivity index (χ1v) is 4.61. The third-order valence-electron chi connectivity index (χ3n) is 2.33. The first-order chi connectivity index (χ1) is 6.50. The molecule has 0 aliphatic rings. The molecule has 1 heterocycles. The van der Waals surface area contributed by atoms with Gasteiger partial charge in [0, 0.05) is 27.6 Å². The lowest BCUT2D eigenvalue weighted by Gasteiger charge is -2.21. The topological polar surface area (TPSA) is 52.0 Å². The van der Waals surface area contributed by atoms with E-state index in [0.29, 0.717) is 0 Å². The molecular weight excluding hydrogens is 180 g/mol. The van der Waals surface area contributed by atoms with Gasteiger partial charge in [-0.15, -0.1) is 10.2 Å². The Kier molecular flexibility index (Phi) is 3.10. The summed E-state index contributed by atoms with van der Waals surface area (Å²) in [5.74, 6) is 1.69. The van der Waals surface area contributed by atoms with Crippen molar-refractivity contribution in [1.82, 2.24) is 14.8 Å². The van der Waals surface area contributed by atoms with E-state index in [-0.39, 0.29) is 5.60 Å². The first-order valence-electron chi connectivity index (χ1n) is 4.61. The zero-order valence-electron chi connectivity index (χ0n) is 9.46. The van der Waals surface area contributed by atoms with E-state index in [1.807, 2.05) is 32.5 Å². The fraction of sp³-hybridized carbons (Fsp3) is 0.778. The molecule has 80 valence electrons. The fourth-order valence-corrected chi connectivity index (χ4v) is 1.19. The summed E-state index contributed by atoms with van der Waals surface area (Å²) in [6, 6.07) is 0. The van der Waals surface area contributed by atoms with Gasteiger partial charge in [-0.05, 0) is 13.8 Å². The molecule has 0 amide bonds. The van der Waals surface area contributed by atoms with E-state index < -0.39 is 0 Å².